The molecular formula is C12H9Cl3N2OS2. The highest BCUT2D eigenvalue weighted by Gasteiger charge is 2.18. The number of aromatic nitrogens is 1. The van der Waals surface area contributed by atoms with E-state index in [9.17, 15) is 4.79 Å². The SMILES string of the molecule is CC(Sc1nccs1)C(=O)Nc1c(Cl)cc(Cl)cc1Cl. The Labute approximate surface area is 139 Å². The topological polar surface area (TPSA) is 42.0 Å². The molecule has 106 valence electrons. The molecule has 1 N–H and O–H groups in total. The summed E-state index contributed by atoms with van der Waals surface area (Å²) in [5.41, 5.74) is 0.370. The van der Waals surface area contributed by atoms with Crippen molar-refractivity contribution < 1.29 is 4.79 Å². The number of carbonyl (C=O) groups excluding carboxylic acids is 1. The summed E-state index contributed by atoms with van der Waals surface area (Å²) in [6.07, 6.45) is 1.70. The molecule has 0 aliphatic carbocycles. The molecule has 1 atom stereocenters. The van der Waals surface area contributed by atoms with Crippen LogP contribution in [0.3, 0.4) is 0 Å². The molecule has 3 nitrogen and oxygen atoms in total. The Morgan fingerprint density at radius 2 is 2.00 bits per heavy atom. The van der Waals surface area contributed by atoms with Crippen LogP contribution in [-0.4, -0.2) is 16.1 Å². The lowest BCUT2D eigenvalue weighted by molar-refractivity contribution is -0.115. The molecule has 1 heterocycles. The van der Waals surface area contributed by atoms with Gasteiger partial charge in [0.15, 0.2) is 4.34 Å². The molecule has 0 fully saturated rings. The zero-order valence-corrected chi connectivity index (χ0v) is 14.1. The van der Waals surface area contributed by atoms with Crippen LogP contribution in [0, 0.1) is 0 Å². The highest BCUT2D eigenvalue weighted by Crippen LogP contribution is 2.34. The van der Waals surface area contributed by atoms with Gasteiger partial charge in [0.2, 0.25) is 5.91 Å². The van der Waals surface area contributed by atoms with E-state index in [1.807, 2.05) is 5.38 Å². The maximum Gasteiger partial charge on any atom is 0.237 e. The predicted molar refractivity (Wildman–Crippen MR) is 87.5 cm³/mol. The number of hydrogen-bond donors (Lipinski definition) is 1. The van der Waals surface area contributed by atoms with Crippen LogP contribution in [0.4, 0.5) is 5.69 Å². The van der Waals surface area contributed by atoms with Gasteiger partial charge < -0.3 is 5.32 Å². The Kier molecular flexibility index (Phi) is 5.57. The van der Waals surface area contributed by atoms with Crippen LogP contribution in [0.25, 0.3) is 0 Å². The summed E-state index contributed by atoms with van der Waals surface area (Å²) in [6.45, 7) is 1.79. The highest BCUT2D eigenvalue weighted by atomic mass is 35.5. The Morgan fingerprint density at radius 1 is 1.35 bits per heavy atom. The molecule has 20 heavy (non-hydrogen) atoms. The summed E-state index contributed by atoms with van der Waals surface area (Å²) in [7, 11) is 0. The third-order valence-corrected chi connectivity index (χ3v) is 5.14. The van der Waals surface area contributed by atoms with E-state index >= 15 is 0 Å². The first-order chi connectivity index (χ1) is 9.47. The Bertz CT molecular complexity index is 596. The average molecular weight is 368 g/mol. The van der Waals surface area contributed by atoms with E-state index in [1.165, 1.54) is 35.2 Å². The van der Waals surface area contributed by atoms with Gasteiger partial charge in [0.25, 0.3) is 0 Å². The van der Waals surface area contributed by atoms with E-state index in [2.05, 4.69) is 10.3 Å². The second-order valence-corrected chi connectivity index (χ2v) is 7.53. The zero-order valence-electron chi connectivity index (χ0n) is 10.2. The molecule has 0 spiro atoms. The number of halogens is 3. The van der Waals surface area contributed by atoms with Crippen molar-refractivity contribution in [2.24, 2.45) is 0 Å². The van der Waals surface area contributed by atoms with Crippen molar-refractivity contribution in [1.82, 2.24) is 4.98 Å². The third kappa shape index (κ3) is 4.02. The number of hydrogen-bond acceptors (Lipinski definition) is 4. The van der Waals surface area contributed by atoms with Gasteiger partial charge in [0, 0.05) is 16.6 Å². The molecule has 1 aromatic heterocycles. The smallest absolute Gasteiger partial charge is 0.237 e. The molecule has 0 aliphatic rings. The lowest BCUT2D eigenvalue weighted by atomic mass is 10.3. The fourth-order valence-electron chi connectivity index (χ4n) is 1.36. The van der Waals surface area contributed by atoms with Crippen LogP contribution in [-0.2, 0) is 4.79 Å². The second-order valence-electron chi connectivity index (χ2n) is 3.79. The molecule has 0 saturated heterocycles. The molecule has 1 amide bonds. The van der Waals surface area contributed by atoms with Gasteiger partial charge >= 0.3 is 0 Å². The quantitative estimate of drug-likeness (QED) is 0.753. The lowest BCUT2D eigenvalue weighted by Gasteiger charge is -2.13. The molecule has 0 bridgehead atoms. The summed E-state index contributed by atoms with van der Waals surface area (Å²) < 4.78 is 0.834. The summed E-state index contributed by atoms with van der Waals surface area (Å²) in [5, 5.41) is 5.29. The zero-order chi connectivity index (χ0) is 14.7. The van der Waals surface area contributed by atoms with E-state index in [1.54, 1.807) is 13.1 Å². The van der Waals surface area contributed by atoms with Crippen LogP contribution in [0.2, 0.25) is 15.1 Å². The van der Waals surface area contributed by atoms with Crippen molar-refractivity contribution in [3.63, 3.8) is 0 Å². The normalized spacial score (nSPS) is 12.2. The molecule has 2 rings (SSSR count). The van der Waals surface area contributed by atoms with Crippen molar-refractivity contribution >= 4 is 69.5 Å². The minimum Gasteiger partial charge on any atom is -0.323 e. The fraction of sp³-hybridized carbons (Fsp3) is 0.167. The van der Waals surface area contributed by atoms with Gasteiger partial charge in [-0.2, -0.15) is 0 Å². The number of nitrogens with one attached hydrogen (secondary N) is 1. The molecule has 0 aliphatic heterocycles. The molecule has 1 unspecified atom stereocenters. The third-order valence-electron chi connectivity index (χ3n) is 2.31. The van der Waals surface area contributed by atoms with Crippen LogP contribution in [0.5, 0.6) is 0 Å². The highest BCUT2D eigenvalue weighted by molar-refractivity contribution is 8.02. The summed E-state index contributed by atoms with van der Waals surface area (Å²) in [5.74, 6) is -0.198. The number of amides is 1. The van der Waals surface area contributed by atoms with Crippen molar-refractivity contribution in [3.8, 4) is 0 Å². The number of anilines is 1. The molecule has 0 saturated carbocycles. The van der Waals surface area contributed by atoms with Crippen molar-refractivity contribution in [3.05, 3.63) is 38.8 Å². The molecular weight excluding hydrogens is 359 g/mol. The Hall–Kier alpha value is -0.460. The number of nitrogens with zero attached hydrogens (tertiary/aromatic N) is 1. The number of rotatable bonds is 4. The number of benzene rings is 1. The number of thioether (sulfide) groups is 1. The monoisotopic (exact) mass is 366 g/mol. The van der Waals surface area contributed by atoms with Crippen molar-refractivity contribution in [1.29, 1.82) is 0 Å². The van der Waals surface area contributed by atoms with Gasteiger partial charge in [-0.15, -0.1) is 11.3 Å². The van der Waals surface area contributed by atoms with Gasteiger partial charge in [0.1, 0.15) is 0 Å². The maximum atomic E-state index is 12.1. The van der Waals surface area contributed by atoms with Crippen LogP contribution in [0.1, 0.15) is 6.92 Å². The van der Waals surface area contributed by atoms with Gasteiger partial charge in [-0.25, -0.2) is 4.98 Å². The first-order valence-corrected chi connectivity index (χ1v) is 8.38. The summed E-state index contributed by atoms with van der Waals surface area (Å²) in [4.78, 5) is 16.2. The summed E-state index contributed by atoms with van der Waals surface area (Å²) >= 11 is 20.7. The number of carbonyl (C=O) groups is 1. The second kappa shape index (κ2) is 7.00. The number of thiazole rings is 1. The van der Waals surface area contributed by atoms with E-state index in [0.29, 0.717) is 20.8 Å². The fourth-order valence-corrected chi connectivity index (χ4v) is 4.04. The van der Waals surface area contributed by atoms with Crippen molar-refractivity contribution in [2.75, 3.05) is 5.32 Å². The molecule has 1 aromatic carbocycles. The minimum absolute atomic E-state index is 0.198. The first kappa shape index (κ1) is 15.9. The van der Waals surface area contributed by atoms with E-state index in [-0.39, 0.29) is 11.2 Å². The van der Waals surface area contributed by atoms with E-state index in [0.717, 1.165) is 4.34 Å². The van der Waals surface area contributed by atoms with Crippen LogP contribution in [0.15, 0.2) is 28.0 Å². The standard InChI is InChI=1S/C12H9Cl3N2OS2/c1-6(20-12-16-2-3-19-12)11(18)17-10-8(14)4-7(13)5-9(10)15/h2-6H,1H3,(H,17,18). The van der Waals surface area contributed by atoms with Crippen LogP contribution < -0.4 is 5.32 Å². The predicted octanol–water partition coefficient (Wildman–Crippen LogP) is 5.22. The molecule has 8 heteroatoms. The average Bonchev–Trinajstić information content (AvgIpc) is 2.86. The maximum absolute atomic E-state index is 12.1. The molecule has 0 radical (unpaired) electrons. The van der Waals surface area contributed by atoms with Gasteiger partial charge in [0.05, 0.1) is 21.0 Å². The Morgan fingerprint density at radius 3 is 2.55 bits per heavy atom. The summed E-state index contributed by atoms with van der Waals surface area (Å²) in [6, 6.07) is 3.06. The minimum atomic E-state index is -0.316. The van der Waals surface area contributed by atoms with Crippen LogP contribution >= 0.6 is 57.9 Å². The van der Waals surface area contributed by atoms with E-state index in [4.69, 9.17) is 34.8 Å². The largest absolute Gasteiger partial charge is 0.323 e. The van der Waals surface area contributed by atoms with Gasteiger partial charge in [-0.1, -0.05) is 46.6 Å². The van der Waals surface area contributed by atoms with Gasteiger partial charge in [-0.3, -0.25) is 4.79 Å². The Balaban J connectivity index is 2.08. The molecule has 2 aromatic rings. The van der Waals surface area contributed by atoms with Crippen molar-refractivity contribution in [2.45, 2.75) is 16.5 Å². The van der Waals surface area contributed by atoms with E-state index < -0.39 is 0 Å². The van der Waals surface area contributed by atoms with Gasteiger partial charge in [-0.05, 0) is 19.1 Å². The first-order valence-electron chi connectivity index (χ1n) is 5.49. The lowest BCUT2D eigenvalue weighted by Crippen LogP contribution is -2.22.